The molecule has 2 heterocycles. The quantitative estimate of drug-likeness (QED) is 0.750. The molecule has 130 valence electrons. The number of ether oxygens (including phenoxy) is 1. The van der Waals surface area contributed by atoms with Crippen molar-refractivity contribution in [3.8, 4) is 5.75 Å². The largest absolute Gasteiger partial charge is 0.496 e. The summed E-state index contributed by atoms with van der Waals surface area (Å²) in [5, 5.41) is 2.98. The SMILES string of the molecule is COc1ccccc1C(CC(=O)NC(C)C)c1cnc2ccccn12. The number of para-hydroxylation sites is 1. The van der Waals surface area contributed by atoms with Crippen LogP contribution < -0.4 is 10.1 Å². The monoisotopic (exact) mass is 337 g/mol. The fourth-order valence-electron chi connectivity index (χ4n) is 3.10. The molecule has 1 unspecified atom stereocenters. The number of imidazole rings is 1. The van der Waals surface area contributed by atoms with Gasteiger partial charge in [0, 0.05) is 36.3 Å². The number of fused-ring (bicyclic) bond motifs is 1. The van der Waals surface area contributed by atoms with Crippen molar-refractivity contribution < 1.29 is 9.53 Å². The second kappa shape index (κ2) is 7.38. The number of carbonyl (C=O) groups excluding carboxylic acids is 1. The number of amides is 1. The molecule has 5 nitrogen and oxygen atoms in total. The topological polar surface area (TPSA) is 55.6 Å². The molecule has 1 N–H and O–H groups in total. The van der Waals surface area contributed by atoms with Gasteiger partial charge in [0.15, 0.2) is 0 Å². The Morgan fingerprint density at radius 2 is 1.96 bits per heavy atom. The van der Waals surface area contributed by atoms with Crippen molar-refractivity contribution in [2.75, 3.05) is 7.11 Å². The van der Waals surface area contributed by atoms with Crippen LogP contribution >= 0.6 is 0 Å². The Balaban J connectivity index is 2.07. The maximum atomic E-state index is 12.5. The first-order valence-electron chi connectivity index (χ1n) is 8.44. The fourth-order valence-corrected chi connectivity index (χ4v) is 3.10. The van der Waals surface area contributed by atoms with Crippen LogP contribution in [0.1, 0.15) is 37.4 Å². The average molecular weight is 337 g/mol. The minimum absolute atomic E-state index is 0.0109. The van der Waals surface area contributed by atoms with E-state index in [4.69, 9.17) is 4.74 Å². The van der Waals surface area contributed by atoms with Crippen LogP contribution in [-0.2, 0) is 4.79 Å². The Morgan fingerprint density at radius 1 is 1.20 bits per heavy atom. The van der Waals surface area contributed by atoms with Crippen LogP contribution in [0.2, 0.25) is 0 Å². The van der Waals surface area contributed by atoms with Crippen LogP contribution in [0.3, 0.4) is 0 Å². The molecule has 0 spiro atoms. The van der Waals surface area contributed by atoms with Crippen molar-refractivity contribution in [1.29, 1.82) is 0 Å². The number of nitrogens with zero attached hydrogens (tertiary/aromatic N) is 2. The second-order valence-electron chi connectivity index (χ2n) is 6.33. The number of hydrogen-bond donors (Lipinski definition) is 1. The molecule has 0 aliphatic carbocycles. The first-order chi connectivity index (χ1) is 12.1. The zero-order chi connectivity index (χ0) is 17.8. The van der Waals surface area contributed by atoms with Crippen molar-refractivity contribution in [3.05, 3.63) is 66.1 Å². The van der Waals surface area contributed by atoms with E-state index >= 15 is 0 Å². The van der Waals surface area contributed by atoms with Crippen LogP contribution in [0.25, 0.3) is 5.65 Å². The number of rotatable bonds is 6. The van der Waals surface area contributed by atoms with E-state index in [1.807, 2.05) is 73.1 Å². The molecule has 0 saturated heterocycles. The lowest BCUT2D eigenvalue weighted by Crippen LogP contribution is -2.31. The van der Waals surface area contributed by atoms with E-state index in [9.17, 15) is 4.79 Å². The molecule has 0 radical (unpaired) electrons. The number of nitrogens with one attached hydrogen (secondary N) is 1. The van der Waals surface area contributed by atoms with Gasteiger partial charge in [-0.15, -0.1) is 0 Å². The van der Waals surface area contributed by atoms with E-state index in [0.29, 0.717) is 6.42 Å². The number of aromatic nitrogens is 2. The highest BCUT2D eigenvalue weighted by molar-refractivity contribution is 5.78. The van der Waals surface area contributed by atoms with Crippen LogP contribution in [0, 0.1) is 0 Å². The van der Waals surface area contributed by atoms with Gasteiger partial charge in [-0.3, -0.25) is 4.79 Å². The Labute approximate surface area is 147 Å². The summed E-state index contributed by atoms with van der Waals surface area (Å²) in [5.74, 6) is 0.639. The summed E-state index contributed by atoms with van der Waals surface area (Å²) in [5.41, 5.74) is 2.82. The Morgan fingerprint density at radius 3 is 2.72 bits per heavy atom. The number of methoxy groups -OCH3 is 1. The molecule has 2 aromatic heterocycles. The molecule has 0 fully saturated rings. The minimum atomic E-state index is -0.146. The first kappa shape index (κ1) is 17.0. The highest BCUT2D eigenvalue weighted by Gasteiger charge is 2.24. The molecule has 25 heavy (non-hydrogen) atoms. The van der Waals surface area contributed by atoms with E-state index < -0.39 is 0 Å². The van der Waals surface area contributed by atoms with E-state index in [2.05, 4.69) is 10.3 Å². The fraction of sp³-hybridized carbons (Fsp3) is 0.300. The Kier molecular flexibility index (Phi) is 5.03. The molecular formula is C20H23N3O2. The predicted octanol–water partition coefficient (Wildman–Crippen LogP) is 3.39. The smallest absolute Gasteiger partial charge is 0.221 e. The van der Waals surface area contributed by atoms with Gasteiger partial charge in [0.25, 0.3) is 0 Å². The zero-order valence-corrected chi connectivity index (χ0v) is 14.8. The van der Waals surface area contributed by atoms with Gasteiger partial charge < -0.3 is 14.5 Å². The summed E-state index contributed by atoms with van der Waals surface area (Å²) in [6.07, 6.45) is 4.15. The molecule has 1 atom stereocenters. The average Bonchev–Trinajstić information content (AvgIpc) is 3.03. The number of pyridine rings is 1. The summed E-state index contributed by atoms with van der Waals surface area (Å²) in [7, 11) is 1.65. The van der Waals surface area contributed by atoms with Crippen LogP contribution in [0.15, 0.2) is 54.9 Å². The molecule has 3 aromatic rings. The molecule has 0 saturated carbocycles. The lowest BCUT2D eigenvalue weighted by atomic mass is 9.91. The Bertz CT molecular complexity index is 870. The summed E-state index contributed by atoms with van der Waals surface area (Å²) in [4.78, 5) is 17.0. The molecule has 0 aliphatic heterocycles. The molecule has 0 bridgehead atoms. The summed E-state index contributed by atoms with van der Waals surface area (Å²) >= 11 is 0. The van der Waals surface area contributed by atoms with Gasteiger partial charge in [-0.1, -0.05) is 24.3 Å². The van der Waals surface area contributed by atoms with Crippen molar-refractivity contribution in [2.24, 2.45) is 0 Å². The second-order valence-corrected chi connectivity index (χ2v) is 6.33. The van der Waals surface area contributed by atoms with Crippen LogP contribution in [0.4, 0.5) is 0 Å². The van der Waals surface area contributed by atoms with Gasteiger partial charge in [-0.05, 0) is 32.0 Å². The molecule has 1 amide bonds. The summed E-state index contributed by atoms with van der Waals surface area (Å²) in [6.45, 7) is 3.93. The minimum Gasteiger partial charge on any atom is -0.496 e. The van der Waals surface area contributed by atoms with Gasteiger partial charge in [0.05, 0.1) is 12.8 Å². The van der Waals surface area contributed by atoms with Gasteiger partial charge in [0.1, 0.15) is 11.4 Å². The van der Waals surface area contributed by atoms with Crippen molar-refractivity contribution >= 4 is 11.6 Å². The summed E-state index contributed by atoms with van der Waals surface area (Å²) < 4.78 is 7.57. The highest BCUT2D eigenvalue weighted by Crippen LogP contribution is 2.34. The zero-order valence-electron chi connectivity index (χ0n) is 14.8. The van der Waals surface area contributed by atoms with Gasteiger partial charge >= 0.3 is 0 Å². The molecule has 1 aromatic carbocycles. The van der Waals surface area contributed by atoms with Gasteiger partial charge in [-0.25, -0.2) is 4.98 Å². The lowest BCUT2D eigenvalue weighted by molar-refractivity contribution is -0.121. The Hall–Kier alpha value is -2.82. The van der Waals surface area contributed by atoms with Gasteiger partial charge in [0.2, 0.25) is 5.91 Å². The third-order valence-electron chi connectivity index (χ3n) is 4.16. The normalized spacial score (nSPS) is 12.3. The standard InChI is InChI=1S/C20H23N3O2/c1-14(2)22-20(24)12-16(15-8-4-5-9-18(15)25-3)17-13-21-19-10-6-7-11-23(17)19/h4-11,13-14,16H,12H2,1-3H3,(H,22,24). The van der Waals surface area contributed by atoms with Gasteiger partial charge in [-0.2, -0.15) is 0 Å². The third-order valence-corrected chi connectivity index (χ3v) is 4.16. The third kappa shape index (κ3) is 3.65. The number of benzene rings is 1. The highest BCUT2D eigenvalue weighted by atomic mass is 16.5. The molecular weight excluding hydrogens is 314 g/mol. The molecule has 0 aliphatic rings. The van der Waals surface area contributed by atoms with Crippen molar-refractivity contribution in [3.63, 3.8) is 0 Å². The van der Waals surface area contributed by atoms with E-state index in [-0.39, 0.29) is 17.9 Å². The lowest BCUT2D eigenvalue weighted by Gasteiger charge is -2.20. The maximum absolute atomic E-state index is 12.5. The number of carbonyl (C=O) groups is 1. The molecule has 3 rings (SSSR count). The van der Waals surface area contributed by atoms with E-state index in [0.717, 1.165) is 22.7 Å². The van der Waals surface area contributed by atoms with Crippen LogP contribution in [-0.4, -0.2) is 28.4 Å². The molecule has 5 heteroatoms. The van der Waals surface area contributed by atoms with E-state index in [1.165, 1.54) is 0 Å². The van der Waals surface area contributed by atoms with Crippen LogP contribution in [0.5, 0.6) is 5.75 Å². The maximum Gasteiger partial charge on any atom is 0.221 e. The number of hydrogen-bond acceptors (Lipinski definition) is 3. The van der Waals surface area contributed by atoms with E-state index in [1.54, 1.807) is 7.11 Å². The van der Waals surface area contributed by atoms with Crippen molar-refractivity contribution in [2.45, 2.75) is 32.2 Å². The first-order valence-corrected chi connectivity index (χ1v) is 8.44. The predicted molar refractivity (Wildman–Crippen MR) is 97.9 cm³/mol. The van der Waals surface area contributed by atoms with Crippen molar-refractivity contribution in [1.82, 2.24) is 14.7 Å². The summed E-state index contributed by atoms with van der Waals surface area (Å²) in [6, 6.07) is 13.8.